The minimum Gasteiger partial charge on any atom is -0.486 e. The highest BCUT2D eigenvalue weighted by molar-refractivity contribution is 7.80. The van der Waals surface area contributed by atoms with Crippen LogP contribution in [-0.2, 0) is 9.53 Å². The van der Waals surface area contributed by atoms with E-state index in [2.05, 4.69) is 10.2 Å². The van der Waals surface area contributed by atoms with Crippen molar-refractivity contribution in [3.05, 3.63) is 30.3 Å². The Morgan fingerprint density at radius 1 is 1.06 bits per heavy atom. The first-order valence-electron chi connectivity index (χ1n) is 10.8. The summed E-state index contributed by atoms with van der Waals surface area (Å²) in [6, 6.07) is 9.55. The zero-order chi connectivity index (χ0) is 22.1. The van der Waals surface area contributed by atoms with E-state index in [9.17, 15) is 4.79 Å². The maximum atomic E-state index is 11.9. The number of piperidine rings is 1. The van der Waals surface area contributed by atoms with Gasteiger partial charge in [-0.3, -0.25) is 4.79 Å². The third-order valence-corrected chi connectivity index (χ3v) is 6.11. The number of thiocarbonyl (C=S) groups is 1. The maximum Gasteiger partial charge on any atom is 0.309 e. The Hall–Kier alpha value is -3.20. The number of esters is 1. The number of aromatic nitrogens is 2. The number of fused-ring (bicyclic) bond motifs is 3. The standard InChI is InChI=1S/C23H24N4O4S/c1-2-29-22(28)14-5-7-27(8-6-14)23(32)24-15-3-4-16-17(11-15)26-19-13-21-20(12-18(19)25-16)30-9-10-31-21/h3-4,11-14H,2,5-10H2,1H3,(H,24,32). The molecule has 1 saturated heterocycles. The quantitative estimate of drug-likeness (QED) is 0.364. The summed E-state index contributed by atoms with van der Waals surface area (Å²) in [4.78, 5) is 23.5. The minimum atomic E-state index is -0.107. The number of ether oxygens (including phenoxy) is 3. The van der Waals surface area contributed by atoms with Gasteiger partial charge in [-0.25, -0.2) is 9.97 Å². The third kappa shape index (κ3) is 4.12. The highest BCUT2D eigenvalue weighted by Crippen LogP contribution is 2.34. The molecule has 2 aliphatic heterocycles. The molecule has 1 aromatic heterocycles. The van der Waals surface area contributed by atoms with Crippen LogP contribution in [0.4, 0.5) is 5.69 Å². The summed E-state index contributed by atoms with van der Waals surface area (Å²) >= 11 is 5.61. The van der Waals surface area contributed by atoms with E-state index in [0.717, 1.165) is 53.7 Å². The van der Waals surface area contributed by atoms with E-state index in [1.165, 1.54) is 0 Å². The van der Waals surface area contributed by atoms with Crippen molar-refractivity contribution in [3.8, 4) is 11.5 Å². The van der Waals surface area contributed by atoms with Gasteiger partial charge >= 0.3 is 5.97 Å². The third-order valence-electron chi connectivity index (χ3n) is 5.75. The lowest BCUT2D eigenvalue weighted by atomic mass is 9.97. The lowest BCUT2D eigenvalue weighted by Crippen LogP contribution is -2.42. The highest BCUT2D eigenvalue weighted by atomic mass is 32.1. The molecule has 5 rings (SSSR count). The molecule has 0 aliphatic carbocycles. The number of benzene rings is 2. The zero-order valence-corrected chi connectivity index (χ0v) is 18.6. The lowest BCUT2D eigenvalue weighted by Gasteiger charge is -2.32. The van der Waals surface area contributed by atoms with Crippen molar-refractivity contribution in [2.45, 2.75) is 19.8 Å². The number of hydrogen-bond donors (Lipinski definition) is 1. The first-order valence-corrected chi connectivity index (χ1v) is 11.3. The first-order chi connectivity index (χ1) is 15.6. The molecule has 3 aromatic rings. The van der Waals surface area contributed by atoms with Crippen LogP contribution < -0.4 is 14.8 Å². The average Bonchev–Trinajstić information content (AvgIpc) is 2.81. The van der Waals surface area contributed by atoms with Gasteiger partial charge in [0.15, 0.2) is 16.6 Å². The number of hydrogen-bond acceptors (Lipinski definition) is 7. The van der Waals surface area contributed by atoms with Crippen molar-refractivity contribution in [3.63, 3.8) is 0 Å². The number of anilines is 1. The molecule has 2 aromatic carbocycles. The van der Waals surface area contributed by atoms with Crippen LogP contribution >= 0.6 is 12.2 Å². The fourth-order valence-corrected chi connectivity index (χ4v) is 4.37. The number of nitrogens with one attached hydrogen (secondary N) is 1. The predicted octanol–water partition coefficient (Wildman–Crippen LogP) is 3.53. The molecule has 0 saturated carbocycles. The fraction of sp³-hybridized carbons (Fsp3) is 0.391. The molecule has 2 aliphatic rings. The van der Waals surface area contributed by atoms with Crippen LogP contribution in [0, 0.1) is 5.92 Å². The molecule has 32 heavy (non-hydrogen) atoms. The summed E-state index contributed by atoms with van der Waals surface area (Å²) in [7, 11) is 0. The Bertz CT molecular complexity index is 1190. The molecule has 8 nitrogen and oxygen atoms in total. The zero-order valence-electron chi connectivity index (χ0n) is 17.8. The molecular formula is C23H24N4O4S. The Balaban J connectivity index is 1.31. The number of rotatable bonds is 3. The van der Waals surface area contributed by atoms with E-state index in [1.54, 1.807) is 0 Å². The summed E-state index contributed by atoms with van der Waals surface area (Å²) < 4.78 is 16.5. The van der Waals surface area contributed by atoms with E-state index in [1.807, 2.05) is 37.3 Å². The predicted molar refractivity (Wildman–Crippen MR) is 125 cm³/mol. The first kappa shape index (κ1) is 20.7. The number of carbonyl (C=O) groups is 1. The largest absolute Gasteiger partial charge is 0.486 e. The molecule has 0 unspecified atom stereocenters. The second-order valence-corrected chi connectivity index (χ2v) is 8.24. The molecule has 0 amide bonds. The van der Waals surface area contributed by atoms with E-state index in [4.69, 9.17) is 36.4 Å². The second kappa shape index (κ2) is 8.74. The van der Waals surface area contributed by atoms with Crippen LogP contribution in [-0.4, -0.2) is 58.9 Å². The lowest BCUT2D eigenvalue weighted by molar-refractivity contribution is -0.149. The van der Waals surface area contributed by atoms with Gasteiger partial charge in [0.1, 0.15) is 13.2 Å². The number of likely N-dealkylation sites (tertiary alicyclic amines) is 1. The van der Waals surface area contributed by atoms with Gasteiger partial charge in [-0.2, -0.15) is 0 Å². The molecule has 9 heteroatoms. The fourth-order valence-electron chi connectivity index (χ4n) is 4.07. The SMILES string of the molecule is CCOC(=O)C1CCN(C(=S)Nc2ccc3nc4cc5c(cc4nc3c2)OCCO5)CC1. The molecule has 166 valence electrons. The monoisotopic (exact) mass is 452 g/mol. The highest BCUT2D eigenvalue weighted by Gasteiger charge is 2.27. The molecule has 0 radical (unpaired) electrons. The van der Waals surface area contributed by atoms with Crippen LogP contribution in [0.25, 0.3) is 22.1 Å². The van der Waals surface area contributed by atoms with Gasteiger partial charge < -0.3 is 24.4 Å². The van der Waals surface area contributed by atoms with Gasteiger partial charge in [0.25, 0.3) is 0 Å². The molecule has 1 fully saturated rings. The van der Waals surface area contributed by atoms with Crippen molar-refractivity contribution in [2.24, 2.45) is 5.92 Å². The van der Waals surface area contributed by atoms with Crippen molar-refractivity contribution < 1.29 is 19.0 Å². The van der Waals surface area contributed by atoms with Gasteiger partial charge in [0, 0.05) is 30.9 Å². The summed E-state index contributed by atoms with van der Waals surface area (Å²) in [6.07, 6.45) is 1.48. The van der Waals surface area contributed by atoms with Crippen LogP contribution in [0.2, 0.25) is 0 Å². The second-order valence-electron chi connectivity index (χ2n) is 7.86. The topological polar surface area (TPSA) is 85.8 Å². The summed E-state index contributed by atoms with van der Waals surface area (Å²) in [6.45, 7) is 4.76. The molecule has 0 bridgehead atoms. The van der Waals surface area contributed by atoms with Gasteiger partial charge in [0.2, 0.25) is 0 Å². The number of carbonyl (C=O) groups excluding carboxylic acids is 1. The Morgan fingerprint density at radius 2 is 1.69 bits per heavy atom. The van der Waals surface area contributed by atoms with Crippen molar-refractivity contribution >= 4 is 51.1 Å². The van der Waals surface area contributed by atoms with Crippen LogP contribution in [0.3, 0.4) is 0 Å². The smallest absolute Gasteiger partial charge is 0.309 e. The molecule has 0 atom stereocenters. The van der Waals surface area contributed by atoms with E-state index < -0.39 is 0 Å². The van der Waals surface area contributed by atoms with Crippen molar-refractivity contribution in [1.29, 1.82) is 0 Å². The molecule has 1 N–H and O–H groups in total. The van der Waals surface area contributed by atoms with E-state index in [-0.39, 0.29) is 11.9 Å². The Morgan fingerprint density at radius 3 is 2.34 bits per heavy atom. The minimum absolute atomic E-state index is 0.0432. The average molecular weight is 453 g/mol. The van der Waals surface area contributed by atoms with Gasteiger partial charge in [-0.1, -0.05) is 0 Å². The summed E-state index contributed by atoms with van der Waals surface area (Å²) in [5.74, 6) is 1.25. The molecular weight excluding hydrogens is 428 g/mol. The van der Waals surface area contributed by atoms with E-state index >= 15 is 0 Å². The molecule has 0 spiro atoms. The van der Waals surface area contributed by atoms with Crippen LogP contribution in [0.1, 0.15) is 19.8 Å². The van der Waals surface area contributed by atoms with E-state index in [0.29, 0.717) is 36.4 Å². The normalized spacial score (nSPS) is 16.2. The summed E-state index contributed by atoms with van der Waals surface area (Å²) in [5, 5.41) is 3.94. The van der Waals surface area contributed by atoms with Crippen molar-refractivity contribution in [2.75, 3.05) is 38.2 Å². The van der Waals surface area contributed by atoms with Gasteiger partial charge in [-0.15, -0.1) is 0 Å². The number of nitrogens with zero attached hydrogens (tertiary/aromatic N) is 3. The molecule has 3 heterocycles. The van der Waals surface area contributed by atoms with Gasteiger partial charge in [-0.05, 0) is 50.2 Å². The van der Waals surface area contributed by atoms with Crippen LogP contribution in [0.15, 0.2) is 30.3 Å². The maximum absolute atomic E-state index is 11.9. The van der Waals surface area contributed by atoms with Gasteiger partial charge in [0.05, 0.1) is 34.6 Å². The Kier molecular flexibility index (Phi) is 5.65. The Labute approximate surface area is 190 Å². The van der Waals surface area contributed by atoms with Crippen molar-refractivity contribution in [1.82, 2.24) is 14.9 Å². The summed E-state index contributed by atoms with van der Waals surface area (Å²) in [5.41, 5.74) is 3.93. The van der Waals surface area contributed by atoms with Crippen LogP contribution in [0.5, 0.6) is 11.5 Å².